The molecular weight excluding hydrogens is 304 g/mol. The fraction of sp³-hybridized carbons (Fsp3) is 0.389. The minimum absolute atomic E-state index is 0.236. The first-order valence-electron chi connectivity index (χ1n) is 8.38. The van der Waals surface area contributed by atoms with Gasteiger partial charge in [0.15, 0.2) is 5.52 Å². The molecule has 1 aliphatic carbocycles. The number of rotatable bonds is 3. The molecule has 1 saturated carbocycles. The van der Waals surface area contributed by atoms with E-state index in [0.29, 0.717) is 10.9 Å². The Morgan fingerprint density at radius 1 is 1.12 bits per heavy atom. The third-order valence-corrected chi connectivity index (χ3v) is 4.76. The molecular formula is C18H20N4O2. The van der Waals surface area contributed by atoms with Crippen molar-refractivity contribution in [2.75, 3.05) is 0 Å². The summed E-state index contributed by atoms with van der Waals surface area (Å²) in [5.41, 5.74) is 0.199. The molecule has 0 spiro atoms. The number of hydrogen-bond donors (Lipinski definition) is 1. The number of fused-ring (bicyclic) bond motifs is 1. The fourth-order valence-electron chi connectivity index (χ4n) is 3.43. The van der Waals surface area contributed by atoms with E-state index in [0.717, 1.165) is 37.8 Å². The number of aliphatic hydroxyl groups is 1. The second-order valence-corrected chi connectivity index (χ2v) is 6.61. The van der Waals surface area contributed by atoms with Gasteiger partial charge in [-0.25, -0.2) is 9.36 Å². The minimum Gasteiger partial charge on any atom is -0.388 e. The summed E-state index contributed by atoms with van der Waals surface area (Å²) in [6, 6.07) is 9.66. The van der Waals surface area contributed by atoms with E-state index < -0.39 is 5.60 Å². The predicted octanol–water partition coefficient (Wildman–Crippen LogP) is 2.28. The highest BCUT2D eigenvalue weighted by molar-refractivity contribution is 5.76. The van der Waals surface area contributed by atoms with Crippen molar-refractivity contribution in [1.82, 2.24) is 19.6 Å². The number of nitrogens with zero attached hydrogens (tertiary/aromatic N) is 4. The molecule has 0 atom stereocenters. The maximum absolute atomic E-state index is 12.7. The summed E-state index contributed by atoms with van der Waals surface area (Å²) in [5, 5.41) is 20.0. The van der Waals surface area contributed by atoms with E-state index in [9.17, 15) is 9.90 Å². The van der Waals surface area contributed by atoms with Gasteiger partial charge in [-0.2, -0.15) is 10.2 Å². The average molecular weight is 324 g/mol. The molecule has 0 radical (unpaired) electrons. The minimum atomic E-state index is -0.829. The number of hydrogen-bond acceptors (Lipinski definition) is 4. The Balaban J connectivity index is 1.71. The van der Waals surface area contributed by atoms with Crippen molar-refractivity contribution in [3.05, 3.63) is 53.1 Å². The van der Waals surface area contributed by atoms with Crippen LogP contribution in [0.2, 0.25) is 0 Å². The monoisotopic (exact) mass is 324 g/mol. The molecule has 6 nitrogen and oxygen atoms in total. The van der Waals surface area contributed by atoms with Gasteiger partial charge in [0, 0.05) is 11.6 Å². The van der Waals surface area contributed by atoms with Crippen molar-refractivity contribution < 1.29 is 5.11 Å². The van der Waals surface area contributed by atoms with Crippen LogP contribution < -0.4 is 5.56 Å². The highest BCUT2D eigenvalue weighted by atomic mass is 16.3. The van der Waals surface area contributed by atoms with Crippen molar-refractivity contribution in [1.29, 1.82) is 0 Å². The predicted molar refractivity (Wildman–Crippen MR) is 91.2 cm³/mol. The number of para-hydroxylation sites is 1. The summed E-state index contributed by atoms with van der Waals surface area (Å²) in [6.45, 7) is 0.236. The van der Waals surface area contributed by atoms with Gasteiger partial charge in [0.25, 0.3) is 5.56 Å². The van der Waals surface area contributed by atoms with Gasteiger partial charge in [0.2, 0.25) is 0 Å². The molecule has 3 aromatic rings. The molecule has 0 amide bonds. The summed E-state index contributed by atoms with van der Waals surface area (Å²) in [5.74, 6) is 0. The van der Waals surface area contributed by atoms with Crippen molar-refractivity contribution in [2.24, 2.45) is 0 Å². The van der Waals surface area contributed by atoms with Crippen LogP contribution >= 0.6 is 0 Å². The van der Waals surface area contributed by atoms with E-state index in [4.69, 9.17) is 0 Å². The van der Waals surface area contributed by atoms with Crippen LogP contribution in [0.3, 0.4) is 0 Å². The van der Waals surface area contributed by atoms with Gasteiger partial charge in [0.1, 0.15) is 0 Å². The largest absolute Gasteiger partial charge is 0.388 e. The van der Waals surface area contributed by atoms with E-state index in [-0.39, 0.29) is 12.1 Å². The first-order valence-corrected chi connectivity index (χ1v) is 8.38. The van der Waals surface area contributed by atoms with E-state index in [1.807, 2.05) is 30.3 Å². The summed E-state index contributed by atoms with van der Waals surface area (Å²) < 4.78 is 3.05. The molecule has 0 bridgehead atoms. The van der Waals surface area contributed by atoms with Crippen molar-refractivity contribution in [3.8, 4) is 5.69 Å². The van der Waals surface area contributed by atoms with Crippen molar-refractivity contribution in [3.63, 3.8) is 0 Å². The van der Waals surface area contributed by atoms with E-state index in [2.05, 4.69) is 10.2 Å². The molecule has 2 heterocycles. The first-order chi connectivity index (χ1) is 11.6. The lowest BCUT2D eigenvalue weighted by Gasteiger charge is -2.31. The Bertz CT molecular complexity index is 908. The van der Waals surface area contributed by atoms with Crippen LogP contribution in [0.4, 0.5) is 0 Å². The van der Waals surface area contributed by atoms with Gasteiger partial charge in [-0.1, -0.05) is 37.5 Å². The highest BCUT2D eigenvalue weighted by Gasteiger charge is 2.30. The SMILES string of the molecule is O=c1c2nn(-c3ccccc3)cc2cnn1CC1(O)CCCCC1. The maximum atomic E-state index is 12.7. The summed E-state index contributed by atoms with van der Waals surface area (Å²) in [6.07, 6.45) is 8.03. The molecule has 24 heavy (non-hydrogen) atoms. The zero-order chi connectivity index (χ0) is 16.6. The van der Waals surface area contributed by atoms with E-state index >= 15 is 0 Å². The van der Waals surface area contributed by atoms with E-state index in [1.54, 1.807) is 17.1 Å². The molecule has 1 fully saturated rings. The van der Waals surface area contributed by atoms with Crippen LogP contribution in [-0.4, -0.2) is 30.3 Å². The van der Waals surface area contributed by atoms with Crippen molar-refractivity contribution in [2.45, 2.75) is 44.2 Å². The normalized spacial score (nSPS) is 17.2. The first kappa shape index (κ1) is 15.1. The van der Waals surface area contributed by atoms with Crippen LogP contribution in [0.1, 0.15) is 32.1 Å². The van der Waals surface area contributed by atoms with Crippen LogP contribution in [0, 0.1) is 0 Å². The zero-order valence-electron chi connectivity index (χ0n) is 13.4. The topological polar surface area (TPSA) is 72.9 Å². The summed E-state index contributed by atoms with van der Waals surface area (Å²) in [7, 11) is 0. The van der Waals surface area contributed by atoms with Gasteiger partial charge < -0.3 is 5.11 Å². The molecule has 0 unspecified atom stereocenters. The maximum Gasteiger partial charge on any atom is 0.295 e. The van der Waals surface area contributed by atoms with Gasteiger partial charge in [0.05, 0.1) is 24.0 Å². The lowest BCUT2D eigenvalue weighted by Crippen LogP contribution is -2.40. The van der Waals surface area contributed by atoms with Gasteiger partial charge in [-0.05, 0) is 25.0 Å². The van der Waals surface area contributed by atoms with Gasteiger partial charge in [-0.15, -0.1) is 0 Å². The highest BCUT2D eigenvalue weighted by Crippen LogP contribution is 2.29. The van der Waals surface area contributed by atoms with Crippen LogP contribution in [0.15, 0.2) is 47.5 Å². The Hall–Kier alpha value is -2.47. The molecule has 2 aromatic heterocycles. The quantitative estimate of drug-likeness (QED) is 0.802. The standard InChI is InChI=1S/C18H20N4O2/c23-17-16-14(12-21(20-16)15-7-3-1-4-8-15)11-19-22(17)13-18(24)9-5-2-6-10-18/h1,3-4,7-8,11-12,24H,2,5-6,9-10,13H2. The Labute approximate surface area is 139 Å². The molecule has 0 aliphatic heterocycles. The zero-order valence-corrected chi connectivity index (χ0v) is 13.4. The van der Waals surface area contributed by atoms with Crippen LogP contribution in [0.25, 0.3) is 16.6 Å². The molecule has 4 rings (SSSR count). The average Bonchev–Trinajstić information content (AvgIpc) is 3.04. The smallest absolute Gasteiger partial charge is 0.295 e. The third kappa shape index (κ3) is 2.73. The summed E-state index contributed by atoms with van der Waals surface area (Å²) in [4.78, 5) is 12.7. The molecule has 1 aromatic carbocycles. The van der Waals surface area contributed by atoms with Gasteiger partial charge >= 0.3 is 0 Å². The third-order valence-electron chi connectivity index (χ3n) is 4.76. The molecule has 1 N–H and O–H groups in total. The van der Waals surface area contributed by atoms with Gasteiger partial charge in [-0.3, -0.25) is 4.79 Å². The Kier molecular flexibility index (Phi) is 3.69. The Morgan fingerprint density at radius 3 is 2.62 bits per heavy atom. The van der Waals surface area contributed by atoms with Crippen LogP contribution in [-0.2, 0) is 6.54 Å². The van der Waals surface area contributed by atoms with Crippen molar-refractivity contribution >= 4 is 10.9 Å². The molecule has 1 aliphatic rings. The number of aromatic nitrogens is 4. The molecule has 6 heteroatoms. The lowest BCUT2D eigenvalue weighted by molar-refractivity contribution is -0.0153. The lowest BCUT2D eigenvalue weighted by atomic mass is 9.85. The second-order valence-electron chi connectivity index (χ2n) is 6.61. The second kappa shape index (κ2) is 5.87. The molecule has 124 valence electrons. The molecule has 0 saturated heterocycles. The number of benzene rings is 1. The summed E-state index contributed by atoms with van der Waals surface area (Å²) >= 11 is 0. The van der Waals surface area contributed by atoms with Crippen LogP contribution in [0.5, 0.6) is 0 Å². The fourth-order valence-corrected chi connectivity index (χ4v) is 3.43. The Morgan fingerprint density at radius 2 is 1.88 bits per heavy atom. The van der Waals surface area contributed by atoms with E-state index in [1.165, 1.54) is 4.68 Å².